The molecular formula is C26H24N4O5. The van der Waals surface area contributed by atoms with E-state index in [9.17, 15) is 14.9 Å². The van der Waals surface area contributed by atoms with Crippen LogP contribution in [0, 0.1) is 17.0 Å². The van der Waals surface area contributed by atoms with E-state index in [4.69, 9.17) is 9.47 Å². The molecule has 0 aliphatic carbocycles. The lowest BCUT2D eigenvalue weighted by molar-refractivity contribution is -0.384. The summed E-state index contributed by atoms with van der Waals surface area (Å²) in [6, 6.07) is 20.9. The zero-order valence-electron chi connectivity index (χ0n) is 19.5. The molecule has 0 atom stereocenters. The van der Waals surface area contributed by atoms with Crippen molar-refractivity contribution in [3.63, 3.8) is 0 Å². The fourth-order valence-corrected chi connectivity index (χ4v) is 3.60. The van der Waals surface area contributed by atoms with Crippen LogP contribution in [0.4, 0.5) is 11.4 Å². The Morgan fingerprint density at radius 3 is 2.40 bits per heavy atom. The second-order valence-electron chi connectivity index (χ2n) is 7.79. The van der Waals surface area contributed by atoms with Crippen LogP contribution in [-0.4, -0.2) is 27.6 Å². The van der Waals surface area contributed by atoms with E-state index in [1.165, 1.54) is 19.2 Å². The van der Waals surface area contributed by atoms with Crippen LogP contribution in [0.25, 0.3) is 5.69 Å². The molecule has 0 saturated heterocycles. The van der Waals surface area contributed by atoms with Gasteiger partial charge in [0.15, 0.2) is 17.2 Å². The van der Waals surface area contributed by atoms with Crippen LogP contribution in [0.1, 0.15) is 16.8 Å². The number of hydrogen-bond donors (Lipinski definition) is 0. The van der Waals surface area contributed by atoms with Gasteiger partial charge >= 0.3 is 0 Å². The van der Waals surface area contributed by atoms with Crippen molar-refractivity contribution in [2.75, 3.05) is 7.11 Å². The summed E-state index contributed by atoms with van der Waals surface area (Å²) >= 11 is 0. The maximum atomic E-state index is 13.0. The number of aliphatic imine (C=N–C) groups is 1. The van der Waals surface area contributed by atoms with Gasteiger partial charge in [0.25, 0.3) is 11.2 Å². The maximum Gasteiger partial charge on any atom is 0.297 e. The van der Waals surface area contributed by atoms with Crippen molar-refractivity contribution in [3.05, 3.63) is 110 Å². The zero-order chi connectivity index (χ0) is 24.9. The van der Waals surface area contributed by atoms with Gasteiger partial charge < -0.3 is 9.47 Å². The highest BCUT2D eigenvalue weighted by molar-refractivity contribution is 5.83. The molecule has 9 heteroatoms. The molecule has 178 valence electrons. The van der Waals surface area contributed by atoms with Crippen molar-refractivity contribution in [2.24, 2.45) is 12.0 Å². The van der Waals surface area contributed by atoms with Crippen LogP contribution in [-0.2, 0) is 13.7 Å². The van der Waals surface area contributed by atoms with E-state index in [1.54, 1.807) is 39.8 Å². The Labute approximate surface area is 201 Å². The number of nitro groups is 1. The first-order chi connectivity index (χ1) is 16.9. The molecule has 0 amide bonds. The van der Waals surface area contributed by atoms with Gasteiger partial charge in [0.2, 0.25) is 0 Å². The highest BCUT2D eigenvalue weighted by Gasteiger charge is 2.15. The third-order valence-electron chi connectivity index (χ3n) is 5.60. The minimum Gasteiger partial charge on any atom is -0.493 e. The number of nitro benzene ring substituents is 1. The number of para-hydroxylation sites is 1. The summed E-state index contributed by atoms with van der Waals surface area (Å²) in [5, 5.41) is 10.8. The Morgan fingerprint density at radius 1 is 1.03 bits per heavy atom. The van der Waals surface area contributed by atoms with Crippen LogP contribution in [0.15, 0.2) is 82.6 Å². The molecule has 0 aliphatic heterocycles. The first kappa shape index (κ1) is 23.5. The fourth-order valence-electron chi connectivity index (χ4n) is 3.60. The van der Waals surface area contributed by atoms with Gasteiger partial charge in [-0.05, 0) is 60.5 Å². The van der Waals surface area contributed by atoms with Crippen molar-refractivity contribution in [1.29, 1.82) is 0 Å². The third-order valence-corrected chi connectivity index (χ3v) is 5.60. The summed E-state index contributed by atoms with van der Waals surface area (Å²) in [5.74, 6) is 1.02. The van der Waals surface area contributed by atoms with E-state index < -0.39 is 4.92 Å². The predicted octanol–water partition coefficient (Wildman–Crippen LogP) is 4.73. The van der Waals surface area contributed by atoms with Crippen molar-refractivity contribution in [3.8, 4) is 17.2 Å². The molecule has 0 bridgehead atoms. The van der Waals surface area contributed by atoms with E-state index in [0.717, 1.165) is 22.5 Å². The summed E-state index contributed by atoms with van der Waals surface area (Å²) in [6.45, 7) is 2.08. The van der Waals surface area contributed by atoms with Crippen LogP contribution in [0.5, 0.6) is 11.5 Å². The number of benzene rings is 3. The highest BCUT2D eigenvalue weighted by Crippen LogP contribution is 2.29. The number of methoxy groups -OCH3 is 1. The number of ether oxygens (including phenoxy) is 2. The van der Waals surface area contributed by atoms with Gasteiger partial charge in [-0.1, -0.05) is 18.2 Å². The van der Waals surface area contributed by atoms with Crippen molar-refractivity contribution < 1.29 is 14.4 Å². The van der Waals surface area contributed by atoms with Crippen LogP contribution >= 0.6 is 0 Å². The van der Waals surface area contributed by atoms with Crippen LogP contribution < -0.4 is 15.0 Å². The maximum absolute atomic E-state index is 13.0. The summed E-state index contributed by atoms with van der Waals surface area (Å²) < 4.78 is 14.7. The smallest absolute Gasteiger partial charge is 0.297 e. The molecule has 4 rings (SSSR count). The van der Waals surface area contributed by atoms with Gasteiger partial charge in [0.05, 0.1) is 23.4 Å². The summed E-state index contributed by atoms with van der Waals surface area (Å²) in [4.78, 5) is 27.9. The van der Waals surface area contributed by atoms with E-state index >= 15 is 0 Å². The first-order valence-corrected chi connectivity index (χ1v) is 10.8. The highest BCUT2D eigenvalue weighted by atomic mass is 16.6. The topological polar surface area (TPSA) is 101 Å². The SMILES string of the molecule is COc1cc(C=Nc2c(C)n(C)n(-c3ccccc3)c2=O)ccc1OCc1ccc([N+](=O)[O-])cc1. The van der Waals surface area contributed by atoms with Crippen LogP contribution in [0.2, 0.25) is 0 Å². The lowest BCUT2D eigenvalue weighted by Gasteiger charge is -2.11. The minimum absolute atomic E-state index is 0.0270. The average molecular weight is 473 g/mol. The average Bonchev–Trinajstić information content (AvgIpc) is 3.09. The molecule has 0 spiro atoms. The summed E-state index contributed by atoms with van der Waals surface area (Å²) in [5.41, 5.74) is 3.21. The van der Waals surface area contributed by atoms with Gasteiger partial charge in [-0.2, -0.15) is 0 Å². The van der Waals surface area contributed by atoms with Gasteiger partial charge in [-0.3, -0.25) is 19.6 Å². The Balaban J connectivity index is 1.53. The van der Waals surface area contributed by atoms with Crippen molar-refractivity contribution in [2.45, 2.75) is 13.5 Å². The van der Waals surface area contributed by atoms with Gasteiger partial charge in [-0.15, -0.1) is 0 Å². The van der Waals surface area contributed by atoms with Crippen LogP contribution in [0.3, 0.4) is 0 Å². The van der Waals surface area contributed by atoms with E-state index in [1.807, 2.05) is 50.4 Å². The van der Waals surface area contributed by atoms with Gasteiger partial charge in [0.1, 0.15) is 6.61 Å². The molecule has 0 radical (unpaired) electrons. The Hall–Kier alpha value is -4.66. The normalized spacial score (nSPS) is 11.1. The predicted molar refractivity (Wildman–Crippen MR) is 133 cm³/mol. The van der Waals surface area contributed by atoms with Crippen molar-refractivity contribution >= 4 is 17.6 Å². The molecule has 0 unspecified atom stereocenters. The largest absolute Gasteiger partial charge is 0.493 e. The molecule has 4 aromatic rings. The van der Waals surface area contributed by atoms with E-state index in [2.05, 4.69) is 4.99 Å². The molecule has 1 aromatic heterocycles. The van der Waals surface area contributed by atoms with E-state index in [-0.39, 0.29) is 17.9 Å². The minimum atomic E-state index is -0.443. The summed E-state index contributed by atoms with van der Waals surface area (Å²) in [7, 11) is 3.36. The molecular weight excluding hydrogens is 448 g/mol. The quantitative estimate of drug-likeness (QED) is 0.210. The molecule has 1 heterocycles. The zero-order valence-corrected chi connectivity index (χ0v) is 19.5. The van der Waals surface area contributed by atoms with E-state index in [0.29, 0.717) is 17.2 Å². The second kappa shape index (κ2) is 10.1. The lowest BCUT2D eigenvalue weighted by atomic mass is 10.2. The first-order valence-electron chi connectivity index (χ1n) is 10.8. The standard InChI is InChI=1S/C26H24N4O5/c1-18-25(26(31)29(28(18)2)21-7-5-4-6-8-21)27-16-20-11-14-23(24(15-20)34-3)35-17-19-9-12-22(13-10-19)30(32)33/h4-16H,17H2,1-3H3. The number of aromatic nitrogens is 2. The molecule has 3 aromatic carbocycles. The number of rotatable bonds is 8. The number of nitrogens with zero attached hydrogens (tertiary/aromatic N) is 4. The van der Waals surface area contributed by atoms with Gasteiger partial charge in [-0.25, -0.2) is 9.67 Å². The Morgan fingerprint density at radius 2 is 1.74 bits per heavy atom. The molecule has 0 saturated carbocycles. The molecule has 35 heavy (non-hydrogen) atoms. The number of non-ortho nitro benzene ring substituents is 1. The number of hydrogen-bond acceptors (Lipinski definition) is 6. The van der Waals surface area contributed by atoms with Crippen molar-refractivity contribution in [1.82, 2.24) is 9.36 Å². The lowest BCUT2D eigenvalue weighted by Crippen LogP contribution is -2.19. The summed E-state index contributed by atoms with van der Waals surface area (Å²) in [6.07, 6.45) is 1.61. The monoisotopic (exact) mass is 472 g/mol. The molecule has 9 nitrogen and oxygen atoms in total. The van der Waals surface area contributed by atoms with Gasteiger partial charge in [0, 0.05) is 25.4 Å². The third kappa shape index (κ3) is 4.98. The Kier molecular flexibility index (Phi) is 6.77. The Bertz CT molecular complexity index is 1440. The molecule has 0 fully saturated rings. The second-order valence-corrected chi connectivity index (χ2v) is 7.79. The molecule has 0 N–H and O–H groups in total. The fraction of sp³-hybridized carbons (Fsp3) is 0.154. The molecule has 0 aliphatic rings.